The van der Waals surface area contributed by atoms with Crippen LogP contribution in [0.3, 0.4) is 0 Å². The second-order valence-corrected chi connectivity index (χ2v) is 5.32. The molecular weight excluding hydrogens is 314 g/mol. The molecule has 6 nitrogen and oxygen atoms in total. The van der Waals surface area contributed by atoms with Gasteiger partial charge in [0, 0.05) is 41.6 Å². The third-order valence-electron chi connectivity index (χ3n) is 3.84. The maximum absolute atomic E-state index is 13.1. The highest BCUT2D eigenvalue weighted by atomic mass is 19.3. The van der Waals surface area contributed by atoms with Crippen LogP contribution in [-0.4, -0.2) is 30.9 Å². The monoisotopic (exact) mass is 328 g/mol. The number of aromatic nitrogens is 5. The van der Waals surface area contributed by atoms with E-state index in [1.807, 2.05) is 13.0 Å². The average Bonchev–Trinajstić information content (AvgIpc) is 3.18. The summed E-state index contributed by atoms with van der Waals surface area (Å²) in [5.74, 6) is 0.545. The Kier molecular flexibility index (Phi) is 3.37. The summed E-state index contributed by atoms with van der Waals surface area (Å²) in [7, 11) is 0. The zero-order valence-electron chi connectivity index (χ0n) is 12.8. The number of imidazole rings is 1. The smallest absolute Gasteiger partial charge is 0.280 e. The van der Waals surface area contributed by atoms with E-state index >= 15 is 0 Å². The highest BCUT2D eigenvalue weighted by molar-refractivity contribution is 5.93. The first-order valence-electron chi connectivity index (χ1n) is 7.51. The third-order valence-corrected chi connectivity index (χ3v) is 3.84. The van der Waals surface area contributed by atoms with Gasteiger partial charge in [-0.25, -0.2) is 18.7 Å². The van der Waals surface area contributed by atoms with E-state index in [0.29, 0.717) is 17.2 Å². The normalized spacial score (nSPS) is 11.7. The molecule has 8 heteroatoms. The van der Waals surface area contributed by atoms with Gasteiger partial charge in [-0.3, -0.25) is 4.40 Å². The summed E-state index contributed by atoms with van der Waals surface area (Å²) in [6, 6.07) is 3.56. The van der Waals surface area contributed by atoms with Crippen LogP contribution in [0.1, 0.15) is 19.0 Å². The van der Waals surface area contributed by atoms with Crippen LogP contribution in [0.25, 0.3) is 27.8 Å². The van der Waals surface area contributed by atoms with Crippen molar-refractivity contribution < 1.29 is 8.78 Å². The van der Waals surface area contributed by atoms with E-state index in [0.717, 1.165) is 23.1 Å². The molecule has 0 fully saturated rings. The fourth-order valence-electron chi connectivity index (χ4n) is 2.71. The van der Waals surface area contributed by atoms with Crippen molar-refractivity contribution >= 4 is 22.6 Å². The van der Waals surface area contributed by atoms with E-state index in [1.165, 1.54) is 10.6 Å². The van der Waals surface area contributed by atoms with Crippen molar-refractivity contribution in [2.45, 2.75) is 13.3 Å². The lowest BCUT2D eigenvalue weighted by Crippen LogP contribution is -2.01. The first-order chi connectivity index (χ1) is 11.7. The molecule has 0 aliphatic rings. The van der Waals surface area contributed by atoms with Crippen molar-refractivity contribution in [1.29, 1.82) is 0 Å². The molecule has 0 atom stereocenters. The quantitative estimate of drug-likeness (QED) is 0.600. The lowest BCUT2D eigenvalue weighted by atomic mass is 10.1. The van der Waals surface area contributed by atoms with Crippen LogP contribution in [0, 0.1) is 0 Å². The predicted octanol–water partition coefficient (Wildman–Crippen LogP) is 3.64. The second kappa shape index (κ2) is 5.55. The Morgan fingerprint density at radius 3 is 2.92 bits per heavy atom. The predicted molar refractivity (Wildman–Crippen MR) is 87.2 cm³/mol. The van der Waals surface area contributed by atoms with Crippen molar-refractivity contribution in [3.05, 3.63) is 42.6 Å². The number of aromatic amines is 1. The van der Waals surface area contributed by atoms with Crippen LogP contribution >= 0.6 is 0 Å². The average molecular weight is 328 g/mol. The molecule has 24 heavy (non-hydrogen) atoms. The Labute approximate surface area is 135 Å². The van der Waals surface area contributed by atoms with Gasteiger partial charge in [-0.2, -0.15) is 4.98 Å². The number of nitrogens with zero attached hydrogens (tertiary/aromatic N) is 4. The minimum Gasteiger partial charge on any atom is -0.354 e. The van der Waals surface area contributed by atoms with Gasteiger partial charge in [0.1, 0.15) is 17.0 Å². The van der Waals surface area contributed by atoms with E-state index in [1.54, 1.807) is 24.7 Å². The van der Waals surface area contributed by atoms with Crippen LogP contribution in [0.2, 0.25) is 0 Å². The number of hydrogen-bond acceptors (Lipinski definition) is 4. The summed E-state index contributed by atoms with van der Waals surface area (Å²) in [6.45, 7) is 2.70. The molecule has 0 spiro atoms. The largest absolute Gasteiger partial charge is 0.354 e. The van der Waals surface area contributed by atoms with Gasteiger partial charge >= 0.3 is 0 Å². The number of fused-ring (bicyclic) bond motifs is 2. The molecule has 0 aliphatic heterocycles. The van der Waals surface area contributed by atoms with Gasteiger partial charge in [-0.05, 0) is 19.1 Å². The van der Waals surface area contributed by atoms with Gasteiger partial charge in [0.15, 0.2) is 0 Å². The molecule has 0 aromatic carbocycles. The first kappa shape index (κ1) is 14.6. The number of rotatable bonds is 4. The number of alkyl halides is 2. The van der Waals surface area contributed by atoms with E-state index in [2.05, 4.69) is 25.3 Å². The number of anilines is 1. The lowest BCUT2D eigenvalue weighted by Gasteiger charge is -2.05. The fraction of sp³-hybridized carbons (Fsp3) is 0.188. The molecule has 0 saturated heterocycles. The number of halogens is 2. The Morgan fingerprint density at radius 1 is 1.25 bits per heavy atom. The van der Waals surface area contributed by atoms with Gasteiger partial charge in [0.2, 0.25) is 5.95 Å². The van der Waals surface area contributed by atoms with Gasteiger partial charge in [-0.15, -0.1) is 0 Å². The van der Waals surface area contributed by atoms with Gasteiger partial charge < -0.3 is 10.3 Å². The summed E-state index contributed by atoms with van der Waals surface area (Å²) in [4.78, 5) is 15.8. The van der Waals surface area contributed by atoms with Crippen molar-refractivity contribution in [3.8, 4) is 11.1 Å². The van der Waals surface area contributed by atoms with Gasteiger partial charge in [0.25, 0.3) is 6.43 Å². The van der Waals surface area contributed by atoms with Crippen LogP contribution in [0.15, 0.2) is 36.9 Å². The summed E-state index contributed by atoms with van der Waals surface area (Å²) < 4.78 is 27.6. The van der Waals surface area contributed by atoms with Gasteiger partial charge in [-0.1, -0.05) is 0 Å². The number of nitrogens with one attached hydrogen (secondary N) is 2. The highest BCUT2D eigenvalue weighted by Crippen LogP contribution is 2.29. The van der Waals surface area contributed by atoms with E-state index < -0.39 is 6.43 Å². The lowest BCUT2D eigenvalue weighted by molar-refractivity contribution is 0.145. The Morgan fingerprint density at radius 2 is 2.12 bits per heavy atom. The summed E-state index contributed by atoms with van der Waals surface area (Å²) in [5.41, 5.74) is 2.69. The molecule has 0 amide bonds. The molecule has 4 aromatic rings. The molecule has 122 valence electrons. The first-order valence-corrected chi connectivity index (χ1v) is 7.51. The van der Waals surface area contributed by atoms with E-state index in [4.69, 9.17) is 0 Å². The van der Waals surface area contributed by atoms with Crippen molar-refractivity contribution in [3.63, 3.8) is 0 Å². The van der Waals surface area contributed by atoms with Crippen molar-refractivity contribution in [2.75, 3.05) is 11.9 Å². The minimum absolute atomic E-state index is 0.127. The summed E-state index contributed by atoms with van der Waals surface area (Å²) in [6.07, 6.45) is 3.80. The highest BCUT2D eigenvalue weighted by Gasteiger charge is 2.15. The molecule has 0 saturated carbocycles. The zero-order chi connectivity index (χ0) is 16.7. The second-order valence-electron chi connectivity index (χ2n) is 5.32. The van der Waals surface area contributed by atoms with Crippen LogP contribution in [-0.2, 0) is 0 Å². The van der Waals surface area contributed by atoms with Crippen LogP contribution in [0.4, 0.5) is 14.7 Å². The van der Waals surface area contributed by atoms with E-state index in [9.17, 15) is 8.78 Å². The standard InChI is InChI=1S/C16H14F2N6/c1-2-19-16-22-6-11-10(5-21-15(11)23-16)9-3-4-13-20-7-12(14(17)18)24(13)8-9/h3-8,14H,2H2,1H3,(H2,19,21,22,23). The molecule has 2 N–H and O–H groups in total. The Bertz CT molecular complexity index is 1020. The molecule has 0 radical (unpaired) electrons. The topological polar surface area (TPSA) is 70.9 Å². The number of H-pyrrole nitrogens is 1. The minimum atomic E-state index is -2.58. The summed E-state index contributed by atoms with van der Waals surface area (Å²) >= 11 is 0. The molecule has 4 aromatic heterocycles. The molecule has 0 bridgehead atoms. The van der Waals surface area contributed by atoms with Crippen molar-refractivity contribution in [2.24, 2.45) is 0 Å². The van der Waals surface area contributed by atoms with Crippen LogP contribution < -0.4 is 5.32 Å². The Balaban J connectivity index is 1.84. The maximum atomic E-state index is 13.1. The third kappa shape index (κ3) is 2.27. The SMILES string of the molecule is CCNc1ncc2c(-c3ccc4ncc(C(F)F)n4c3)c[nH]c2n1. The summed E-state index contributed by atoms with van der Waals surface area (Å²) in [5, 5.41) is 3.88. The van der Waals surface area contributed by atoms with Crippen LogP contribution in [0.5, 0.6) is 0 Å². The molecule has 0 unspecified atom stereocenters. The zero-order valence-corrected chi connectivity index (χ0v) is 12.8. The molecule has 4 heterocycles. The van der Waals surface area contributed by atoms with Gasteiger partial charge in [0.05, 0.1) is 6.20 Å². The number of pyridine rings is 1. The maximum Gasteiger partial charge on any atom is 0.280 e. The molecule has 4 rings (SSSR count). The fourth-order valence-corrected chi connectivity index (χ4v) is 2.71. The number of hydrogen-bond donors (Lipinski definition) is 2. The van der Waals surface area contributed by atoms with E-state index in [-0.39, 0.29) is 5.69 Å². The van der Waals surface area contributed by atoms with Crippen molar-refractivity contribution in [1.82, 2.24) is 24.3 Å². The molecular formula is C16H14F2N6. The molecule has 0 aliphatic carbocycles. The Hall–Kier alpha value is -3.03.